The second-order valence-corrected chi connectivity index (χ2v) is 5.16. The SMILES string of the molecule is CC(C)Cn1ccc(CNCc2cccc(F)c2)n1. The van der Waals surface area contributed by atoms with E-state index >= 15 is 0 Å². The van der Waals surface area contributed by atoms with Crippen molar-refractivity contribution in [3.05, 3.63) is 53.6 Å². The molecule has 0 atom stereocenters. The average Bonchev–Trinajstić information content (AvgIpc) is 2.76. The van der Waals surface area contributed by atoms with E-state index in [0.717, 1.165) is 17.8 Å². The molecular weight excluding hydrogens is 241 g/mol. The highest BCUT2D eigenvalue weighted by atomic mass is 19.1. The van der Waals surface area contributed by atoms with E-state index in [4.69, 9.17) is 0 Å². The molecule has 0 bridgehead atoms. The Bertz CT molecular complexity index is 520. The molecule has 0 aliphatic heterocycles. The van der Waals surface area contributed by atoms with Gasteiger partial charge in [-0.1, -0.05) is 26.0 Å². The molecular formula is C15H20FN3. The largest absolute Gasteiger partial charge is 0.307 e. The molecule has 1 N–H and O–H groups in total. The van der Waals surface area contributed by atoms with Gasteiger partial charge in [-0.05, 0) is 29.7 Å². The molecule has 1 aromatic heterocycles. The van der Waals surface area contributed by atoms with Crippen molar-refractivity contribution >= 4 is 0 Å². The van der Waals surface area contributed by atoms with Crippen LogP contribution in [0.25, 0.3) is 0 Å². The number of nitrogens with zero attached hydrogens (tertiary/aromatic N) is 2. The normalized spacial score (nSPS) is 11.2. The van der Waals surface area contributed by atoms with Crippen molar-refractivity contribution in [3.8, 4) is 0 Å². The lowest BCUT2D eigenvalue weighted by atomic mass is 10.2. The van der Waals surface area contributed by atoms with Crippen LogP contribution in [0, 0.1) is 11.7 Å². The van der Waals surface area contributed by atoms with Crippen LogP contribution in [0.5, 0.6) is 0 Å². The number of aromatic nitrogens is 2. The molecule has 0 radical (unpaired) electrons. The van der Waals surface area contributed by atoms with Crippen molar-refractivity contribution in [3.63, 3.8) is 0 Å². The van der Waals surface area contributed by atoms with Gasteiger partial charge in [-0.25, -0.2) is 4.39 Å². The smallest absolute Gasteiger partial charge is 0.123 e. The summed E-state index contributed by atoms with van der Waals surface area (Å²) < 4.78 is 15.0. The molecule has 0 spiro atoms. The highest BCUT2D eigenvalue weighted by Gasteiger charge is 2.01. The molecule has 0 amide bonds. The van der Waals surface area contributed by atoms with Gasteiger partial charge in [0.25, 0.3) is 0 Å². The van der Waals surface area contributed by atoms with Gasteiger partial charge in [0.15, 0.2) is 0 Å². The van der Waals surface area contributed by atoms with Gasteiger partial charge >= 0.3 is 0 Å². The second-order valence-electron chi connectivity index (χ2n) is 5.16. The van der Waals surface area contributed by atoms with Crippen LogP contribution < -0.4 is 5.32 Å². The first-order chi connectivity index (χ1) is 9.13. The van der Waals surface area contributed by atoms with Crippen molar-refractivity contribution in [2.75, 3.05) is 0 Å². The van der Waals surface area contributed by atoms with E-state index in [1.807, 2.05) is 23.0 Å². The van der Waals surface area contributed by atoms with E-state index in [1.54, 1.807) is 12.1 Å². The molecule has 1 aromatic carbocycles. The van der Waals surface area contributed by atoms with Crippen LogP contribution in [0.3, 0.4) is 0 Å². The average molecular weight is 261 g/mol. The summed E-state index contributed by atoms with van der Waals surface area (Å²) in [7, 11) is 0. The summed E-state index contributed by atoms with van der Waals surface area (Å²) in [6.45, 7) is 6.62. The molecule has 19 heavy (non-hydrogen) atoms. The molecule has 0 saturated heterocycles. The second kappa shape index (κ2) is 6.48. The van der Waals surface area contributed by atoms with E-state index in [9.17, 15) is 4.39 Å². The zero-order valence-electron chi connectivity index (χ0n) is 11.4. The van der Waals surface area contributed by atoms with Gasteiger partial charge in [0.2, 0.25) is 0 Å². The Balaban J connectivity index is 1.81. The van der Waals surface area contributed by atoms with Gasteiger partial charge in [-0.15, -0.1) is 0 Å². The molecule has 102 valence electrons. The lowest BCUT2D eigenvalue weighted by Crippen LogP contribution is -2.14. The summed E-state index contributed by atoms with van der Waals surface area (Å²) in [6.07, 6.45) is 2.00. The first-order valence-electron chi connectivity index (χ1n) is 6.61. The monoisotopic (exact) mass is 261 g/mol. The third-order valence-electron chi connectivity index (χ3n) is 2.77. The summed E-state index contributed by atoms with van der Waals surface area (Å²) in [5, 5.41) is 7.75. The minimum absolute atomic E-state index is 0.194. The number of halogens is 1. The maximum atomic E-state index is 13.0. The fourth-order valence-electron chi connectivity index (χ4n) is 1.96. The molecule has 0 aliphatic carbocycles. The van der Waals surface area contributed by atoms with E-state index in [-0.39, 0.29) is 5.82 Å². The van der Waals surface area contributed by atoms with Crippen LogP contribution in [0.15, 0.2) is 36.5 Å². The van der Waals surface area contributed by atoms with Gasteiger partial charge in [0.1, 0.15) is 5.82 Å². The Morgan fingerprint density at radius 3 is 2.84 bits per heavy atom. The van der Waals surface area contributed by atoms with Gasteiger partial charge < -0.3 is 5.32 Å². The van der Waals surface area contributed by atoms with Crippen LogP contribution in [0.1, 0.15) is 25.1 Å². The fourth-order valence-corrected chi connectivity index (χ4v) is 1.96. The number of nitrogens with one attached hydrogen (secondary N) is 1. The molecule has 0 fully saturated rings. The van der Waals surface area contributed by atoms with Crippen LogP contribution in [-0.4, -0.2) is 9.78 Å². The Morgan fingerprint density at radius 1 is 1.26 bits per heavy atom. The Hall–Kier alpha value is -1.68. The first kappa shape index (κ1) is 13.7. The minimum Gasteiger partial charge on any atom is -0.307 e. The molecule has 2 aromatic rings. The predicted octanol–water partition coefficient (Wildman–Crippen LogP) is 2.97. The molecule has 0 saturated carbocycles. The summed E-state index contributed by atoms with van der Waals surface area (Å²) in [4.78, 5) is 0. The topological polar surface area (TPSA) is 29.9 Å². The molecule has 4 heteroatoms. The number of rotatable bonds is 6. The summed E-state index contributed by atoms with van der Waals surface area (Å²) >= 11 is 0. The highest BCUT2D eigenvalue weighted by molar-refractivity contribution is 5.16. The lowest BCUT2D eigenvalue weighted by Gasteiger charge is -2.05. The zero-order chi connectivity index (χ0) is 13.7. The minimum atomic E-state index is -0.194. The Labute approximate surface area is 113 Å². The zero-order valence-corrected chi connectivity index (χ0v) is 11.4. The third kappa shape index (κ3) is 4.48. The van der Waals surface area contributed by atoms with Gasteiger partial charge in [-0.3, -0.25) is 4.68 Å². The fraction of sp³-hybridized carbons (Fsp3) is 0.400. The van der Waals surface area contributed by atoms with E-state index < -0.39 is 0 Å². The van der Waals surface area contributed by atoms with Crippen LogP contribution >= 0.6 is 0 Å². The summed E-state index contributed by atoms with van der Waals surface area (Å²) in [6, 6.07) is 8.65. The number of hydrogen-bond donors (Lipinski definition) is 1. The summed E-state index contributed by atoms with van der Waals surface area (Å²) in [5.74, 6) is 0.397. The van der Waals surface area contributed by atoms with E-state index in [2.05, 4.69) is 24.3 Å². The predicted molar refractivity (Wildman–Crippen MR) is 74.0 cm³/mol. The lowest BCUT2D eigenvalue weighted by molar-refractivity contribution is 0.477. The van der Waals surface area contributed by atoms with Crippen LogP contribution in [0.4, 0.5) is 4.39 Å². The molecule has 2 rings (SSSR count). The highest BCUT2D eigenvalue weighted by Crippen LogP contribution is 2.04. The quantitative estimate of drug-likeness (QED) is 0.866. The Kier molecular flexibility index (Phi) is 4.68. The van der Waals surface area contributed by atoms with Gasteiger partial charge in [0, 0.05) is 25.8 Å². The Morgan fingerprint density at radius 2 is 2.11 bits per heavy atom. The third-order valence-corrected chi connectivity index (χ3v) is 2.77. The van der Waals surface area contributed by atoms with Crippen LogP contribution in [-0.2, 0) is 19.6 Å². The van der Waals surface area contributed by atoms with E-state index in [1.165, 1.54) is 6.07 Å². The number of benzene rings is 1. The van der Waals surface area contributed by atoms with Gasteiger partial charge in [0.05, 0.1) is 5.69 Å². The summed E-state index contributed by atoms with van der Waals surface area (Å²) in [5.41, 5.74) is 1.96. The first-order valence-corrected chi connectivity index (χ1v) is 6.61. The van der Waals surface area contributed by atoms with Gasteiger partial charge in [-0.2, -0.15) is 5.10 Å². The molecule has 0 unspecified atom stereocenters. The van der Waals surface area contributed by atoms with Crippen molar-refractivity contribution in [1.29, 1.82) is 0 Å². The van der Waals surface area contributed by atoms with Crippen molar-refractivity contribution in [2.24, 2.45) is 5.92 Å². The van der Waals surface area contributed by atoms with Crippen molar-refractivity contribution < 1.29 is 4.39 Å². The van der Waals surface area contributed by atoms with Crippen molar-refractivity contribution in [2.45, 2.75) is 33.5 Å². The van der Waals surface area contributed by atoms with Crippen molar-refractivity contribution in [1.82, 2.24) is 15.1 Å². The molecule has 3 nitrogen and oxygen atoms in total. The maximum absolute atomic E-state index is 13.0. The van der Waals surface area contributed by atoms with E-state index in [0.29, 0.717) is 19.0 Å². The standard InChI is InChI=1S/C15H20FN3/c1-12(2)11-19-7-6-15(18-19)10-17-9-13-4-3-5-14(16)8-13/h3-8,12,17H,9-11H2,1-2H3. The maximum Gasteiger partial charge on any atom is 0.123 e. The van der Waals surface area contributed by atoms with Crippen LogP contribution in [0.2, 0.25) is 0 Å². The number of hydrogen-bond acceptors (Lipinski definition) is 2. The molecule has 1 heterocycles. The molecule has 0 aliphatic rings.